The SMILES string of the molecule is Nc1cccnc1C(=O)NCc1ccccc1Cl. The van der Waals surface area contributed by atoms with Gasteiger partial charge < -0.3 is 11.1 Å². The van der Waals surface area contributed by atoms with Gasteiger partial charge in [-0.2, -0.15) is 0 Å². The normalized spacial score (nSPS) is 10.1. The maximum absolute atomic E-state index is 11.9. The zero-order valence-electron chi connectivity index (χ0n) is 9.56. The molecule has 3 N–H and O–H groups in total. The Kier molecular flexibility index (Phi) is 3.79. The maximum atomic E-state index is 11.9. The van der Waals surface area contributed by atoms with Gasteiger partial charge in [-0.25, -0.2) is 4.98 Å². The highest BCUT2D eigenvalue weighted by atomic mass is 35.5. The molecule has 18 heavy (non-hydrogen) atoms. The number of halogens is 1. The van der Waals surface area contributed by atoms with Gasteiger partial charge in [0.15, 0.2) is 5.69 Å². The number of hydrogen-bond acceptors (Lipinski definition) is 3. The van der Waals surface area contributed by atoms with Gasteiger partial charge in [0, 0.05) is 17.8 Å². The summed E-state index contributed by atoms with van der Waals surface area (Å²) in [5.74, 6) is -0.312. The molecule has 0 atom stereocenters. The van der Waals surface area contributed by atoms with Crippen LogP contribution in [-0.4, -0.2) is 10.9 Å². The van der Waals surface area contributed by atoms with E-state index in [9.17, 15) is 4.79 Å². The summed E-state index contributed by atoms with van der Waals surface area (Å²) < 4.78 is 0. The number of nitrogens with two attached hydrogens (primary N) is 1. The molecule has 4 nitrogen and oxygen atoms in total. The quantitative estimate of drug-likeness (QED) is 0.890. The van der Waals surface area contributed by atoms with E-state index in [-0.39, 0.29) is 11.6 Å². The third-order valence-corrected chi connectivity index (χ3v) is 2.82. The summed E-state index contributed by atoms with van der Waals surface area (Å²) in [6.45, 7) is 0.342. The number of aromatic nitrogens is 1. The summed E-state index contributed by atoms with van der Waals surface area (Å²) in [5, 5.41) is 3.35. The number of benzene rings is 1. The number of amides is 1. The topological polar surface area (TPSA) is 68.0 Å². The minimum absolute atomic E-state index is 0.226. The minimum atomic E-state index is -0.312. The van der Waals surface area contributed by atoms with Gasteiger partial charge in [0.05, 0.1) is 5.69 Å². The molecular weight excluding hydrogens is 250 g/mol. The molecule has 2 rings (SSSR count). The van der Waals surface area contributed by atoms with Crippen LogP contribution in [0.25, 0.3) is 0 Å². The first-order valence-electron chi connectivity index (χ1n) is 5.40. The van der Waals surface area contributed by atoms with E-state index in [1.54, 1.807) is 18.2 Å². The van der Waals surface area contributed by atoms with Crippen molar-refractivity contribution in [3.63, 3.8) is 0 Å². The van der Waals surface area contributed by atoms with Crippen molar-refractivity contribution in [1.82, 2.24) is 10.3 Å². The number of nitrogens with one attached hydrogen (secondary N) is 1. The second-order valence-corrected chi connectivity index (χ2v) is 4.12. The fourth-order valence-corrected chi connectivity index (χ4v) is 1.71. The van der Waals surface area contributed by atoms with Gasteiger partial charge in [-0.15, -0.1) is 0 Å². The highest BCUT2D eigenvalue weighted by Gasteiger charge is 2.10. The summed E-state index contributed by atoms with van der Waals surface area (Å²) in [6.07, 6.45) is 1.53. The lowest BCUT2D eigenvalue weighted by molar-refractivity contribution is 0.0947. The maximum Gasteiger partial charge on any atom is 0.272 e. The van der Waals surface area contributed by atoms with Gasteiger partial charge in [0.1, 0.15) is 0 Å². The predicted octanol–water partition coefficient (Wildman–Crippen LogP) is 2.25. The molecule has 0 fully saturated rings. The third-order valence-electron chi connectivity index (χ3n) is 2.45. The van der Waals surface area contributed by atoms with E-state index in [0.717, 1.165) is 5.56 Å². The molecule has 0 bridgehead atoms. The predicted molar refractivity (Wildman–Crippen MR) is 71.3 cm³/mol. The number of hydrogen-bond donors (Lipinski definition) is 2. The summed E-state index contributed by atoms with van der Waals surface area (Å²) in [4.78, 5) is 15.8. The smallest absolute Gasteiger partial charge is 0.272 e. The van der Waals surface area contributed by atoms with Crippen molar-refractivity contribution in [2.75, 3.05) is 5.73 Å². The van der Waals surface area contributed by atoms with Crippen molar-refractivity contribution in [2.45, 2.75) is 6.54 Å². The molecule has 1 amide bonds. The van der Waals surface area contributed by atoms with E-state index in [1.165, 1.54) is 6.20 Å². The van der Waals surface area contributed by atoms with E-state index >= 15 is 0 Å². The standard InChI is InChI=1S/C13H12ClN3O/c14-10-5-2-1-4-9(10)8-17-13(18)12-11(15)6-3-7-16-12/h1-7H,8,15H2,(H,17,18). The minimum Gasteiger partial charge on any atom is -0.397 e. The molecule has 0 saturated heterocycles. The zero-order chi connectivity index (χ0) is 13.0. The van der Waals surface area contributed by atoms with Gasteiger partial charge in [-0.1, -0.05) is 29.8 Å². The van der Waals surface area contributed by atoms with Crippen LogP contribution in [-0.2, 0) is 6.54 Å². The average Bonchev–Trinajstić information content (AvgIpc) is 2.38. The van der Waals surface area contributed by atoms with Crippen LogP contribution in [0.5, 0.6) is 0 Å². The summed E-state index contributed by atoms with van der Waals surface area (Å²) >= 11 is 5.99. The molecule has 0 saturated carbocycles. The van der Waals surface area contributed by atoms with Crippen LogP contribution in [0.4, 0.5) is 5.69 Å². The number of anilines is 1. The van der Waals surface area contributed by atoms with Crippen LogP contribution < -0.4 is 11.1 Å². The van der Waals surface area contributed by atoms with E-state index in [1.807, 2.05) is 18.2 Å². The average molecular weight is 262 g/mol. The summed E-state index contributed by atoms with van der Waals surface area (Å²) in [6, 6.07) is 10.6. The molecule has 0 unspecified atom stereocenters. The largest absolute Gasteiger partial charge is 0.397 e. The van der Waals surface area contributed by atoms with Crippen molar-refractivity contribution >= 4 is 23.2 Å². The Morgan fingerprint density at radius 1 is 1.28 bits per heavy atom. The molecular formula is C13H12ClN3O. The van der Waals surface area contributed by atoms with Crippen molar-refractivity contribution in [3.05, 3.63) is 58.9 Å². The van der Waals surface area contributed by atoms with E-state index in [0.29, 0.717) is 17.3 Å². The van der Waals surface area contributed by atoms with Crippen LogP contribution in [0, 0.1) is 0 Å². The third kappa shape index (κ3) is 2.78. The molecule has 1 aromatic carbocycles. The summed E-state index contributed by atoms with van der Waals surface area (Å²) in [5.41, 5.74) is 7.10. The Morgan fingerprint density at radius 3 is 2.78 bits per heavy atom. The zero-order valence-corrected chi connectivity index (χ0v) is 10.3. The molecule has 1 heterocycles. The molecule has 0 spiro atoms. The number of carbonyl (C=O) groups excluding carboxylic acids is 1. The van der Waals surface area contributed by atoms with Gasteiger partial charge in [-0.3, -0.25) is 4.79 Å². The Bertz CT molecular complexity index is 572. The van der Waals surface area contributed by atoms with Crippen LogP contribution in [0.2, 0.25) is 5.02 Å². The van der Waals surface area contributed by atoms with Crippen molar-refractivity contribution in [1.29, 1.82) is 0 Å². The van der Waals surface area contributed by atoms with Gasteiger partial charge >= 0.3 is 0 Å². The van der Waals surface area contributed by atoms with Gasteiger partial charge in [0.2, 0.25) is 0 Å². The van der Waals surface area contributed by atoms with Gasteiger partial charge in [-0.05, 0) is 23.8 Å². The second kappa shape index (κ2) is 5.51. The number of pyridine rings is 1. The number of rotatable bonds is 3. The highest BCUT2D eigenvalue weighted by Crippen LogP contribution is 2.14. The van der Waals surface area contributed by atoms with Crippen LogP contribution >= 0.6 is 11.6 Å². The number of nitrogen functional groups attached to an aromatic ring is 1. The Labute approximate surface area is 110 Å². The summed E-state index contributed by atoms with van der Waals surface area (Å²) in [7, 11) is 0. The van der Waals surface area contributed by atoms with E-state index in [4.69, 9.17) is 17.3 Å². The molecule has 2 aromatic rings. The second-order valence-electron chi connectivity index (χ2n) is 3.72. The lowest BCUT2D eigenvalue weighted by atomic mass is 10.2. The lowest BCUT2D eigenvalue weighted by Gasteiger charge is -2.07. The fraction of sp³-hybridized carbons (Fsp3) is 0.0769. The molecule has 0 radical (unpaired) electrons. The van der Waals surface area contributed by atoms with Gasteiger partial charge in [0.25, 0.3) is 5.91 Å². The van der Waals surface area contributed by atoms with Crippen molar-refractivity contribution < 1.29 is 4.79 Å². The lowest BCUT2D eigenvalue weighted by Crippen LogP contribution is -2.24. The molecule has 0 aliphatic carbocycles. The monoisotopic (exact) mass is 261 g/mol. The fourth-order valence-electron chi connectivity index (χ4n) is 1.51. The van der Waals surface area contributed by atoms with E-state index in [2.05, 4.69) is 10.3 Å². The first-order valence-corrected chi connectivity index (χ1v) is 5.78. The molecule has 0 aliphatic heterocycles. The molecule has 1 aromatic heterocycles. The van der Waals surface area contributed by atoms with Crippen LogP contribution in [0.15, 0.2) is 42.6 Å². The Balaban J connectivity index is 2.06. The molecule has 0 aliphatic rings. The van der Waals surface area contributed by atoms with Crippen LogP contribution in [0.3, 0.4) is 0 Å². The molecule has 92 valence electrons. The van der Waals surface area contributed by atoms with Crippen molar-refractivity contribution in [2.24, 2.45) is 0 Å². The first kappa shape index (κ1) is 12.4. The van der Waals surface area contributed by atoms with Crippen LogP contribution in [0.1, 0.15) is 16.1 Å². The highest BCUT2D eigenvalue weighted by molar-refractivity contribution is 6.31. The molecule has 5 heteroatoms. The van der Waals surface area contributed by atoms with E-state index < -0.39 is 0 Å². The Hall–Kier alpha value is -2.07. The number of nitrogens with zero attached hydrogens (tertiary/aromatic N) is 1. The van der Waals surface area contributed by atoms with Crippen molar-refractivity contribution in [3.8, 4) is 0 Å². The first-order chi connectivity index (χ1) is 8.68. The number of carbonyl (C=O) groups is 1. The Morgan fingerprint density at radius 2 is 2.06 bits per heavy atom.